The summed E-state index contributed by atoms with van der Waals surface area (Å²) in [6.45, 7) is 0.127. The maximum absolute atomic E-state index is 12.6. The molecule has 1 aromatic carbocycles. The fourth-order valence-electron chi connectivity index (χ4n) is 2.47. The van der Waals surface area contributed by atoms with E-state index >= 15 is 0 Å². The number of methoxy groups -OCH3 is 1. The number of nitrogens with zero attached hydrogens (tertiary/aromatic N) is 3. The van der Waals surface area contributed by atoms with E-state index in [0.717, 1.165) is 12.0 Å². The zero-order valence-corrected chi connectivity index (χ0v) is 13.3. The van der Waals surface area contributed by atoms with E-state index in [0.29, 0.717) is 29.1 Å². The Kier molecular flexibility index (Phi) is 4.72. The summed E-state index contributed by atoms with van der Waals surface area (Å²) in [7, 11) is 1.55. The van der Waals surface area contributed by atoms with Gasteiger partial charge in [0.15, 0.2) is 5.65 Å². The van der Waals surface area contributed by atoms with Crippen molar-refractivity contribution < 1.29 is 14.6 Å². The second-order valence-corrected chi connectivity index (χ2v) is 5.26. The highest BCUT2D eigenvalue weighted by Crippen LogP contribution is 2.27. The number of aliphatic hydroxyl groups excluding tert-OH is 1. The third kappa shape index (κ3) is 3.21. The Morgan fingerprint density at radius 3 is 3.08 bits per heavy atom. The molecule has 0 aliphatic heterocycles. The van der Waals surface area contributed by atoms with Gasteiger partial charge in [0.05, 0.1) is 19.0 Å². The fraction of sp³-hybridized carbons (Fsp3) is 0.235. The molecule has 0 aliphatic rings. The van der Waals surface area contributed by atoms with E-state index in [1.54, 1.807) is 36.2 Å². The van der Waals surface area contributed by atoms with Crippen molar-refractivity contribution in [2.24, 2.45) is 0 Å². The van der Waals surface area contributed by atoms with E-state index in [9.17, 15) is 4.79 Å². The van der Waals surface area contributed by atoms with Crippen LogP contribution in [-0.4, -0.2) is 39.3 Å². The molecule has 1 amide bonds. The van der Waals surface area contributed by atoms with Crippen molar-refractivity contribution >= 4 is 17.2 Å². The first-order valence-electron chi connectivity index (χ1n) is 7.60. The quantitative estimate of drug-likeness (QED) is 0.722. The Balaban J connectivity index is 1.87. The second kappa shape index (κ2) is 7.10. The van der Waals surface area contributed by atoms with Gasteiger partial charge in [-0.2, -0.15) is 5.10 Å². The number of aliphatic hydroxyl groups is 1. The van der Waals surface area contributed by atoms with Crippen LogP contribution < -0.4 is 10.1 Å². The molecule has 7 nitrogen and oxygen atoms in total. The molecule has 124 valence electrons. The number of ether oxygens (including phenoxy) is 1. The summed E-state index contributed by atoms with van der Waals surface area (Å²) in [5.41, 5.74) is 2.47. The molecule has 0 fully saturated rings. The average Bonchev–Trinajstić information content (AvgIpc) is 3.04. The predicted molar refractivity (Wildman–Crippen MR) is 89.3 cm³/mol. The van der Waals surface area contributed by atoms with Crippen molar-refractivity contribution in [2.75, 3.05) is 19.0 Å². The minimum Gasteiger partial charge on any atom is -0.495 e. The lowest BCUT2D eigenvalue weighted by atomic mass is 10.1. The third-order valence-electron chi connectivity index (χ3n) is 3.66. The summed E-state index contributed by atoms with van der Waals surface area (Å²) < 4.78 is 6.86. The maximum Gasteiger partial charge on any atom is 0.261 e. The second-order valence-electron chi connectivity index (χ2n) is 5.26. The fourth-order valence-corrected chi connectivity index (χ4v) is 2.47. The normalized spacial score (nSPS) is 10.8. The predicted octanol–water partition coefficient (Wildman–Crippen LogP) is 1.92. The average molecular weight is 326 g/mol. The first-order valence-corrected chi connectivity index (χ1v) is 7.60. The van der Waals surface area contributed by atoms with Crippen LogP contribution in [-0.2, 0) is 6.42 Å². The Bertz CT molecular complexity index is 860. The number of hydrogen-bond acceptors (Lipinski definition) is 5. The molecule has 0 saturated carbocycles. The van der Waals surface area contributed by atoms with Gasteiger partial charge in [-0.25, -0.2) is 9.50 Å². The van der Waals surface area contributed by atoms with Crippen LogP contribution in [0.2, 0.25) is 0 Å². The summed E-state index contributed by atoms with van der Waals surface area (Å²) in [6, 6.07) is 7.32. The lowest BCUT2D eigenvalue weighted by Crippen LogP contribution is -2.13. The van der Waals surface area contributed by atoms with Crippen LogP contribution in [0.15, 0.2) is 42.9 Å². The largest absolute Gasteiger partial charge is 0.495 e. The Morgan fingerprint density at radius 2 is 2.29 bits per heavy atom. The minimum absolute atomic E-state index is 0.127. The van der Waals surface area contributed by atoms with Crippen LogP contribution in [0, 0.1) is 0 Å². The van der Waals surface area contributed by atoms with E-state index in [-0.39, 0.29) is 12.5 Å². The smallest absolute Gasteiger partial charge is 0.261 e. The van der Waals surface area contributed by atoms with Crippen LogP contribution >= 0.6 is 0 Å². The van der Waals surface area contributed by atoms with Gasteiger partial charge in [-0.1, -0.05) is 6.07 Å². The van der Waals surface area contributed by atoms with Crippen LogP contribution in [0.4, 0.5) is 5.69 Å². The number of rotatable bonds is 6. The molecule has 2 heterocycles. The number of aromatic nitrogens is 3. The van der Waals surface area contributed by atoms with E-state index < -0.39 is 0 Å². The summed E-state index contributed by atoms with van der Waals surface area (Å²) in [5.74, 6) is 0.266. The summed E-state index contributed by atoms with van der Waals surface area (Å²) in [4.78, 5) is 16.8. The summed E-state index contributed by atoms with van der Waals surface area (Å²) >= 11 is 0. The van der Waals surface area contributed by atoms with Crippen LogP contribution in [0.3, 0.4) is 0 Å². The molecule has 0 aliphatic carbocycles. The lowest BCUT2D eigenvalue weighted by molar-refractivity contribution is 0.102. The van der Waals surface area contributed by atoms with Crippen LogP contribution in [0.5, 0.6) is 5.75 Å². The third-order valence-corrected chi connectivity index (χ3v) is 3.66. The Labute approximate surface area is 138 Å². The van der Waals surface area contributed by atoms with Gasteiger partial charge >= 0.3 is 0 Å². The highest BCUT2D eigenvalue weighted by atomic mass is 16.5. The number of amides is 1. The van der Waals surface area contributed by atoms with Gasteiger partial charge in [-0.15, -0.1) is 0 Å². The highest BCUT2D eigenvalue weighted by Gasteiger charge is 2.16. The molecule has 3 rings (SSSR count). The molecule has 2 aromatic heterocycles. The Hall–Kier alpha value is -2.93. The molecule has 0 radical (unpaired) electrons. The van der Waals surface area contributed by atoms with Gasteiger partial charge in [0.1, 0.15) is 11.3 Å². The summed E-state index contributed by atoms with van der Waals surface area (Å²) in [6.07, 6.45) is 6.22. The zero-order chi connectivity index (χ0) is 16.9. The van der Waals surface area contributed by atoms with Gasteiger partial charge in [-0.05, 0) is 36.6 Å². The van der Waals surface area contributed by atoms with E-state index in [1.165, 1.54) is 6.20 Å². The monoisotopic (exact) mass is 326 g/mol. The molecule has 0 atom stereocenters. The molecule has 7 heteroatoms. The van der Waals surface area contributed by atoms with Crippen molar-refractivity contribution in [3.63, 3.8) is 0 Å². The van der Waals surface area contributed by atoms with E-state index in [2.05, 4.69) is 15.4 Å². The van der Waals surface area contributed by atoms with E-state index in [4.69, 9.17) is 9.84 Å². The first kappa shape index (κ1) is 15.9. The van der Waals surface area contributed by atoms with Gasteiger partial charge < -0.3 is 15.2 Å². The van der Waals surface area contributed by atoms with Crippen molar-refractivity contribution in [3.05, 3.63) is 54.0 Å². The number of anilines is 1. The number of benzene rings is 1. The lowest BCUT2D eigenvalue weighted by Gasteiger charge is -2.11. The minimum atomic E-state index is -0.304. The number of fused-ring (bicyclic) bond motifs is 1. The van der Waals surface area contributed by atoms with Crippen molar-refractivity contribution in [2.45, 2.75) is 12.8 Å². The number of nitrogens with one attached hydrogen (secondary N) is 1. The molecular formula is C17H18N4O3. The molecule has 24 heavy (non-hydrogen) atoms. The molecule has 3 aromatic rings. The van der Waals surface area contributed by atoms with Crippen molar-refractivity contribution in [1.29, 1.82) is 0 Å². The zero-order valence-electron chi connectivity index (χ0n) is 13.3. The molecule has 0 unspecified atom stereocenters. The van der Waals surface area contributed by atoms with Crippen molar-refractivity contribution in [3.8, 4) is 5.75 Å². The number of aryl methyl sites for hydroxylation is 1. The Morgan fingerprint density at radius 1 is 1.42 bits per heavy atom. The highest BCUT2D eigenvalue weighted by molar-refractivity contribution is 6.08. The van der Waals surface area contributed by atoms with Crippen LogP contribution in [0.25, 0.3) is 5.65 Å². The van der Waals surface area contributed by atoms with Crippen molar-refractivity contribution in [1.82, 2.24) is 14.6 Å². The first-order chi connectivity index (χ1) is 11.7. The molecular weight excluding hydrogens is 308 g/mol. The van der Waals surface area contributed by atoms with Gasteiger partial charge in [0, 0.05) is 19.0 Å². The van der Waals surface area contributed by atoms with Gasteiger partial charge in [0.25, 0.3) is 5.91 Å². The van der Waals surface area contributed by atoms with Gasteiger partial charge in [0.2, 0.25) is 0 Å². The topological polar surface area (TPSA) is 88.8 Å². The molecule has 0 saturated heterocycles. The number of carbonyl (C=O) groups excluding carboxylic acids is 1. The maximum atomic E-state index is 12.6. The SMILES string of the molecule is COc1ccc(CCCO)cc1NC(=O)c1cnn2cccnc12. The molecule has 0 spiro atoms. The standard InChI is InChI=1S/C17H18N4O3/c1-24-15-6-5-12(4-2-9-22)10-14(15)20-17(23)13-11-19-21-8-3-7-18-16(13)21/h3,5-8,10-11,22H,2,4,9H2,1H3,(H,20,23). The number of carbonyl (C=O) groups is 1. The van der Waals surface area contributed by atoms with Crippen LogP contribution in [0.1, 0.15) is 22.3 Å². The number of hydrogen-bond donors (Lipinski definition) is 2. The van der Waals surface area contributed by atoms with Gasteiger partial charge in [-0.3, -0.25) is 4.79 Å². The molecule has 0 bridgehead atoms. The summed E-state index contributed by atoms with van der Waals surface area (Å²) in [5, 5.41) is 15.9. The van der Waals surface area contributed by atoms with E-state index in [1.807, 2.05) is 12.1 Å². The molecule has 2 N–H and O–H groups in total.